The average molecular weight is 301 g/mol. The summed E-state index contributed by atoms with van der Waals surface area (Å²) in [6.45, 7) is 6.10. The zero-order chi connectivity index (χ0) is 15.6. The Morgan fingerprint density at radius 1 is 1.19 bits per heavy atom. The normalized spacial score (nSPS) is 11.0. The van der Waals surface area contributed by atoms with E-state index < -0.39 is 0 Å². The van der Waals surface area contributed by atoms with Gasteiger partial charge in [0.2, 0.25) is 0 Å². The van der Waals surface area contributed by atoms with Gasteiger partial charge in [0.15, 0.2) is 0 Å². The Morgan fingerprint density at radius 3 is 2.48 bits per heavy atom. The van der Waals surface area contributed by atoms with Gasteiger partial charge in [-0.25, -0.2) is 9.97 Å². The molecule has 0 fully saturated rings. The summed E-state index contributed by atoms with van der Waals surface area (Å²) in [6, 6.07) is 11.3. The van der Waals surface area contributed by atoms with Gasteiger partial charge >= 0.3 is 0 Å². The van der Waals surface area contributed by atoms with Gasteiger partial charge in [0, 0.05) is 18.5 Å². The number of nitriles is 1. The van der Waals surface area contributed by atoms with Crippen molar-refractivity contribution >= 4 is 23.1 Å². The largest absolute Gasteiger partial charge is 0.328 e. The van der Waals surface area contributed by atoms with Crippen LogP contribution in [0.25, 0.3) is 0 Å². The van der Waals surface area contributed by atoms with Gasteiger partial charge in [-0.1, -0.05) is 44.5 Å². The summed E-state index contributed by atoms with van der Waals surface area (Å²) in [5.41, 5.74) is 1.18. The molecule has 0 atom stereocenters. The molecule has 0 aliphatic heterocycles. The molecule has 0 saturated heterocycles. The van der Waals surface area contributed by atoms with Crippen LogP contribution in [0.1, 0.15) is 32.2 Å². The number of aromatic nitrogens is 2. The lowest BCUT2D eigenvalue weighted by Crippen LogP contribution is -2.20. The van der Waals surface area contributed by atoms with Crippen LogP contribution in [0.4, 0.5) is 11.5 Å². The first-order valence-corrected chi connectivity index (χ1v) is 6.98. The van der Waals surface area contributed by atoms with Gasteiger partial charge in [0.25, 0.3) is 0 Å². The highest BCUT2D eigenvalue weighted by atomic mass is 35.5. The van der Waals surface area contributed by atoms with E-state index in [-0.39, 0.29) is 5.41 Å². The summed E-state index contributed by atoms with van der Waals surface area (Å²) in [7, 11) is 1.86. The number of hydrogen-bond donors (Lipinski definition) is 0. The molecule has 0 unspecified atom stereocenters. The Labute approximate surface area is 130 Å². The lowest BCUT2D eigenvalue weighted by Gasteiger charge is -2.23. The number of rotatable bonds is 2. The van der Waals surface area contributed by atoms with Crippen molar-refractivity contribution in [2.24, 2.45) is 0 Å². The molecule has 2 aromatic rings. The highest BCUT2D eigenvalue weighted by Crippen LogP contribution is 2.29. The van der Waals surface area contributed by atoms with Gasteiger partial charge in [0.1, 0.15) is 22.9 Å². The fourth-order valence-corrected chi connectivity index (χ4v) is 2.07. The Kier molecular flexibility index (Phi) is 4.15. The van der Waals surface area contributed by atoms with Crippen molar-refractivity contribution in [3.63, 3.8) is 0 Å². The molecule has 0 radical (unpaired) electrons. The fraction of sp³-hybridized carbons (Fsp3) is 0.312. The van der Waals surface area contributed by atoms with Crippen molar-refractivity contribution in [3.05, 3.63) is 46.9 Å². The smallest absolute Gasteiger partial charge is 0.138 e. The first-order valence-electron chi connectivity index (χ1n) is 6.61. The van der Waals surface area contributed by atoms with E-state index in [0.717, 1.165) is 5.69 Å². The second-order valence-corrected chi connectivity index (χ2v) is 6.20. The van der Waals surface area contributed by atoms with Crippen LogP contribution in [0.2, 0.25) is 5.15 Å². The summed E-state index contributed by atoms with van der Waals surface area (Å²) in [4.78, 5) is 10.7. The van der Waals surface area contributed by atoms with E-state index in [0.29, 0.717) is 22.4 Å². The molecule has 0 saturated carbocycles. The fourth-order valence-electron chi connectivity index (χ4n) is 1.90. The molecule has 0 aliphatic rings. The highest BCUT2D eigenvalue weighted by molar-refractivity contribution is 6.29. The summed E-state index contributed by atoms with van der Waals surface area (Å²) in [6.07, 6.45) is 0. The highest BCUT2D eigenvalue weighted by Gasteiger charge is 2.20. The van der Waals surface area contributed by atoms with E-state index in [4.69, 9.17) is 11.6 Å². The molecule has 0 bridgehead atoms. The topological polar surface area (TPSA) is 52.8 Å². The lowest BCUT2D eigenvalue weighted by molar-refractivity contribution is 0.545. The molecule has 108 valence electrons. The maximum absolute atomic E-state index is 9.22. The first kappa shape index (κ1) is 15.3. The van der Waals surface area contributed by atoms with E-state index in [1.54, 1.807) is 12.1 Å². The van der Waals surface area contributed by atoms with Gasteiger partial charge in [0.05, 0.1) is 11.3 Å². The maximum atomic E-state index is 9.22. The van der Waals surface area contributed by atoms with Crippen molar-refractivity contribution in [2.75, 3.05) is 11.9 Å². The number of hydrogen-bond acceptors (Lipinski definition) is 4. The number of para-hydroxylation sites is 1. The van der Waals surface area contributed by atoms with Crippen LogP contribution in [-0.2, 0) is 5.41 Å². The van der Waals surface area contributed by atoms with Crippen LogP contribution < -0.4 is 4.90 Å². The second-order valence-electron chi connectivity index (χ2n) is 5.81. The molecular weight excluding hydrogens is 284 g/mol. The van der Waals surface area contributed by atoms with E-state index in [2.05, 4.69) is 16.0 Å². The minimum Gasteiger partial charge on any atom is -0.328 e. The van der Waals surface area contributed by atoms with Crippen LogP contribution in [0.5, 0.6) is 0 Å². The van der Waals surface area contributed by atoms with Crippen molar-refractivity contribution in [2.45, 2.75) is 26.2 Å². The SMILES string of the molecule is CN(c1cc(Cl)nc(C(C)(C)C)n1)c1ccccc1C#N. The molecule has 0 amide bonds. The molecule has 1 aromatic carbocycles. The average Bonchev–Trinajstić information content (AvgIpc) is 2.45. The standard InChI is InChI=1S/C16H17ClN4/c1-16(2,3)15-19-13(17)9-14(20-15)21(4)12-8-6-5-7-11(12)10-18/h5-9H,1-4H3. The maximum Gasteiger partial charge on any atom is 0.138 e. The van der Waals surface area contributed by atoms with E-state index in [9.17, 15) is 5.26 Å². The molecule has 2 rings (SSSR count). The molecule has 4 nitrogen and oxygen atoms in total. The first-order chi connectivity index (χ1) is 9.82. The zero-order valence-electron chi connectivity index (χ0n) is 12.6. The van der Waals surface area contributed by atoms with Gasteiger partial charge < -0.3 is 4.90 Å². The van der Waals surface area contributed by atoms with Gasteiger partial charge in [-0.05, 0) is 12.1 Å². The minimum atomic E-state index is -0.199. The second kappa shape index (κ2) is 5.71. The molecule has 0 spiro atoms. The van der Waals surface area contributed by atoms with Gasteiger partial charge in [-0.3, -0.25) is 0 Å². The molecule has 1 heterocycles. The molecule has 1 aromatic heterocycles. The zero-order valence-corrected chi connectivity index (χ0v) is 13.3. The predicted molar refractivity (Wildman–Crippen MR) is 85.0 cm³/mol. The third kappa shape index (κ3) is 3.32. The van der Waals surface area contributed by atoms with Crippen LogP contribution in [0.15, 0.2) is 30.3 Å². The number of nitrogens with zero attached hydrogens (tertiary/aromatic N) is 4. The van der Waals surface area contributed by atoms with Crippen LogP contribution in [0, 0.1) is 11.3 Å². The number of anilines is 2. The van der Waals surface area contributed by atoms with Crippen LogP contribution in [-0.4, -0.2) is 17.0 Å². The van der Waals surface area contributed by atoms with Crippen molar-refractivity contribution < 1.29 is 0 Å². The Morgan fingerprint density at radius 2 is 1.86 bits per heavy atom. The monoisotopic (exact) mass is 300 g/mol. The van der Waals surface area contributed by atoms with E-state index >= 15 is 0 Å². The summed E-state index contributed by atoms with van der Waals surface area (Å²) in [5.74, 6) is 1.34. The van der Waals surface area contributed by atoms with Gasteiger partial charge in [-0.15, -0.1) is 0 Å². The third-order valence-corrected chi connectivity index (χ3v) is 3.28. The van der Waals surface area contributed by atoms with Crippen LogP contribution >= 0.6 is 11.6 Å². The van der Waals surface area contributed by atoms with Crippen molar-refractivity contribution in [1.82, 2.24) is 9.97 Å². The molecule has 21 heavy (non-hydrogen) atoms. The Hall–Kier alpha value is -2.12. The lowest BCUT2D eigenvalue weighted by atomic mass is 9.96. The molecule has 0 aliphatic carbocycles. The van der Waals surface area contributed by atoms with Gasteiger partial charge in [-0.2, -0.15) is 5.26 Å². The number of halogens is 1. The predicted octanol–water partition coefficient (Wildman–Crippen LogP) is 4.07. The van der Waals surface area contributed by atoms with Crippen LogP contribution in [0.3, 0.4) is 0 Å². The molecular formula is C16H17ClN4. The Balaban J connectivity index is 2.52. The third-order valence-electron chi connectivity index (χ3n) is 3.08. The molecule has 5 heteroatoms. The Bertz CT molecular complexity index is 698. The van der Waals surface area contributed by atoms with Crippen molar-refractivity contribution in [1.29, 1.82) is 5.26 Å². The minimum absolute atomic E-state index is 0.199. The summed E-state index contributed by atoms with van der Waals surface area (Å²) < 4.78 is 0. The van der Waals surface area contributed by atoms with E-state index in [1.165, 1.54) is 0 Å². The molecule has 0 N–H and O–H groups in total. The summed E-state index contributed by atoms with van der Waals surface area (Å²) >= 11 is 6.12. The van der Waals surface area contributed by atoms with Crippen molar-refractivity contribution in [3.8, 4) is 6.07 Å². The summed E-state index contributed by atoms with van der Waals surface area (Å²) in [5, 5.41) is 9.61. The quantitative estimate of drug-likeness (QED) is 0.785. The van der Waals surface area contributed by atoms with E-state index in [1.807, 2.05) is 50.9 Å². The number of benzene rings is 1.